The summed E-state index contributed by atoms with van der Waals surface area (Å²) >= 11 is 0. The molecule has 2 aliphatic rings. The van der Waals surface area contributed by atoms with Crippen LogP contribution in [0.4, 0.5) is 0 Å². The summed E-state index contributed by atoms with van der Waals surface area (Å²) in [5, 5.41) is 13.9. The van der Waals surface area contributed by atoms with Crippen molar-refractivity contribution in [3.63, 3.8) is 0 Å². The van der Waals surface area contributed by atoms with E-state index in [4.69, 9.17) is 4.74 Å². The zero-order valence-corrected chi connectivity index (χ0v) is 15.3. The smallest absolute Gasteiger partial charge is 0.124 e. The van der Waals surface area contributed by atoms with Crippen molar-refractivity contribution in [2.45, 2.75) is 31.7 Å². The van der Waals surface area contributed by atoms with Crippen molar-refractivity contribution in [2.75, 3.05) is 33.3 Å². The Morgan fingerprint density at radius 1 is 1.17 bits per heavy atom. The van der Waals surface area contributed by atoms with E-state index in [-0.39, 0.29) is 24.8 Å². The Kier molecular flexibility index (Phi) is 8.48. The van der Waals surface area contributed by atoms with Crippen LogP contribution < -0.4 is 10.1 Å². The molecule has 132 valence electrons. The minimum atomic E-state index is 0. The van der Waals surface area contributed by atoms with Crippen LogP contribution in [0.5, 0.6) is 11.5 Å². The number of phenols is 1. The summed E-state index contributed by atoms with van der Waals surface area (Å²) in [5.74, 6) is 1.77. The number of phenolic OH excluding ortho intramolecular Hbond substituents is 1. The second-order valence-electron chi connectivity index (χ2n) is 6.20. The molecular weight excluding hydrogens is 335 g/mol. The molecule has 3 rings (SSSR count). The predicted octanol–water partition coefficient (Wildman–Crippen LogP) is 3.38. The number of hydrogen-bond acceptors (Lipinski definition) is 4. The summed E-state index contributed by atoms with van der Waals surface area (Å²) in [7, 11) is 1.64. The molecule has 23 heavy (non-hydrogen) atoms. The number of halogens is 2. The number of rotatable bonds is 4. The van der Waals surface area contributed by atoms with Gasteiger partial charge in [-0.25, -0.2) is 0 Å². The zero-order valence-electron chi connectivity index (χ0n) is 13.7. The highest BCUT2D eigenvalue weighted by molar-refractivity contribution is 5.85. The maximum Gasteiger partial charge on any atom is 0.124 e. The summed E-state index contributed by atoms with van der Waals surface area (Å²) in [4.78, 5) is 2.55. The molecule has 0 unspecified atom stereocenters. The highest BCUT2D eigenvalue weighted by Crippen LogP contribution is 2.43. The van der Waals surface area contributed by atoms with Gasteiger partial charge in [0.2, 0.25) is 0 Å². The lowest BCUT2D eigenvalue weighted by atomic mass is 9.89. The van der Waals surface area contributed by atoms with Gasteiger partial charge in [0.25, 0.3) is 0 Å². The predicted molar refractivity (Wildman–Crippen MR) is 98.3 cm³/mol. The first kappa shape index (κ1) is 20.4. The second-order valence-corrected chi connectivity index (χ2v) is 6.20. The number of piperazine rings is 1. The van der Waals surface area contributed by atoms with E-state index in [1.54, 1.807) is 13.2 Å². The number of nitrogens with zero attached hydrogens (tertiary/aromatic N) is 1. The minimum absolute atomic E-state index is 0. The van der Waals surface area contributed by atoms with Crippen LogP contribution in [0, 0.1) is 5.92 Å². The van der Waals surface area contributed by atoms with Gasteiger partial charge in [-0.05, 0) is 24.8 Å². The molecule has 0 spiro atoms. The van der Waals surface area contributed by atoms with Gasteiger partial charge in [-0.3, -0.25) is 4.90 Å². The van der Waals surface area contributed by atoms with Crippen LogP contribution in [-0.4, -0.2) is 43.3 Å². The zero-order chi connectivity index (χ0) is 14.7. The molecule has 0 bridgehead atoms. The number of aromatic hydroxyl groups is 1. The van der Waals surface area contributed by atoms with Crippen molar-refractivity contribution < 1.29 is 9.84 Å². The van der Waals surface area contributed by atoms with E-state index < -0.39 is 0 Å². The van der Waals surface area contributed by atoms with E-state index in [2.05, 4.69) is 16.3 Å². The third kappa shape index (κ3) is 4.66. The van der Waals surface area contributed by atoms with Gasteiger partial charge in [-0.2, -0.15) is 0 Å². The van der Waals surface area contributed by atoms with Gasteiger partial charge in [0.1, 0.15) is 11.5 Å². The lowest BCUT2D eigenvalue weighted by Crippen LogP contribution is -2.46. The van der Waals surface area contributed by atoms with E-state index in [9.17, 15) is 5.11 Å². The SMILES string of the molecule is COc1ccc([C@H](C2CCCC2)N2CCNCC2)c(O)c1.Cl.Cl. The van der Waals surface area contributed by atoms with Crippen LogP contribution in [0.15, 0.2) is 18.2 Å². The molecule has 0 amide bonds. The third-order valence-corrected chi connectivity index (χ3v) is 4.95. The first-order valence-electron chi connectivity index (χ1n) is 8.11. The first-order chi connectivity index (χ1) is 10.3. The van der Waals surface area contributed by atoms with Gasteiger partial charge in [0.05, 0.1) is 7.11 Å². The molecule has 0 radical (unpaired) electrons. The Labute approximate surface area is 151 Å². The van der Waals surface area contributed by atoms with E-state index in [0.29, 0.717) is 17.7 Å². The minimum Gasteiger partial charge on any atom is -0.507 e. The largest absolute Gasteiger partial charge is 0.507 e. The Morgan fingerprint density at radius 3 is 2.39 bits per heavy atom. The number of nitrogens with one attached hydrogen (secondary N) is 1. The summed E-state index contributed by atoms with van der Waals surface area (Å²) in [6, 6.07) is 6.12. The van der Waals surface area contributed by atoms with E-state index >= 15 is 0 Å². The van der Waals surface area contributed by atoms with Crippen molar-refractivity contribution in [2.24, 2.45) is 5.92 Å². The summed E-state index contributed by atoms with van der Waals surface area (Å²) in [5.41, 5.74) is 1.07. The maximum absolute atomic E-state index is 10.5. The van der Waals surface area contributed by atoms with Crippen molar-refractivity contribution >= 4 is 24.8 Å². The van der Waals surface area contributed by atoms with Gasteiger partial charge < -0.3 is 15.2 Å². The van der Waals surface area contributed by atoms with Gasteiger partial charge in [0.15, 0.2) is 0 Å². The average Bonchev–Trinajstić information content (AvgIpc) is 3.04. The molecule has 1 aromatic rings. The van der Waals surface area contributed by atoms with E-state index in [0.717, 1.165) is 37.5 Å². The Hall–Kier alpha value is -0.680. The standard InChI is InChI=1S/C17H26N2O2.2ClH/c1-21-14-6-7-15(16(20)12-14)17(13-4-2-3-5-13)19-10-8-18-9-11-19;;/h6-7,12-13,17-18,20H,2-5,8-11H2,1H3;2*1H/t17-;;/m0../s1. The molecule has 2 N–H and O–H groups in total. The lowest BCUT2D eigenvalue weighted by molar-refractivity contribution is 0.123. The van der Waals surface area contributed by atoms with Crippen LogP contribution in [0.3, 0.4) is 0 Å². The van der Waals surface area contributed by atoms with Gasteiger partial charge in [-0.1, -0.05) is 18.9 Å². The first-order valence-corrected chi connectivity index (χ1v) is 8.11. The van der Waals surface area contributed by atoms with Crippen LogP contribution in [0.25, 0.3) is 0 Å². The molecule has 1 heterocycles. The molecule has 1 atom stereocenters. The van der Waals surface area contributed by atoms with E-state index in [1.807, 2.05) is 6.07 Å². The van der Waals surface area contributed by atoms with Gasteiger partial charge in [0, 0.05) is 43.9 Å². The highest BCUT2D eigenvalue weighted by atomic mass is 35.5. The fourth-order valence-electron chi connectivity index (χ4n) is 3.88. The molecule has 6 heteroatoms. The number of methoxy groups -OCH3 is 1. The molecule has 2 fully saturated rings. The highest BCUT2D eigenvalue weighted by Gasteiger charge is 2.33. The fourth-order valence-corrected chi connectivity index (χ4v) is 3.88. The number of benzene rings is 1. The summed E-state index contributed by atoms with van der Waals surface area (Å²) < 4.78 is 5.22. The van der Waals surface area contributed by atoms with Crippen LogP contribution in [0.1, 0.15) is 37.3 Å². The summed E-state index contributed by atoms with van der Waals surface area (Å²) in [6.45, 7) is 4.21. The Morgan fingerprint density at radius 2 is 1.83 bits per heavy atom. The van der Waals surface area contributed by atoms with Crippen LogP contribution in [-0.2, 0) is 0 Å². The normalized spacial score (nSPS) is 20.4. The molecule has 1 saturated carbocycles. The third-order valence-electron chi connectivity index (χ3n) is 4.95. The Balaban J connectivity index is 0.00000132. The van der Waals surface area contributed by atoms with Crippen LogP contribution >= 0.6 is 24.8 Å². The quantitative estimate of drug-likeness (QED) is 0.861. The maximum atomic E-state index is 10.5. The number of hydrogen-bond donors (Lipinski definition) is 2. The topological polar surface area (TPSA) is 44.7 Å². The van der Waals surface area contributed by atoms with Crippen LogP contribution in [0.2, 0.25) is 0 Å². The molecule has 1 aromatic carbocycles. The summed E-state index contributed by atoms with van der Waals surface area (Å²) in [6.07, 6.45) is 5.20. The molecule has 1 aliphatic carbocycles. The Bertz CT molecular complexity index is 476. The van der Waals surface area contributed by atoms with Crippen molar-refractivity contribution in [3.05, 3.63) is 23.8 Å². The van der Waals surface area contributed by atoms with Crippen molar-refractivity contribution in [1.29, 1.82) is 0 Å². The molecule has 1 saturated heterocycles. The van der Waals surface area contributed by atoms with Gasteiger partial charge >= 0.3 is 0 Å². The second kappa shape index (κ2) is 9.58. The molecule has 4 nitrogen and oxygen atoms in total. The molecular formula is C17H28Cl2N2O2. The average molecular weight is 363 g/mol. The van der Waals surface area contributed by atoms with Crippen molar-refractivity contribution in [3.8, 4) is 11.5 Å². The fraction of sp³-hybridized carbons (Fsp3) is 0.647. The number of ether oxygens (including phenoxy) is 1. The van der Waals surface area contributed by atoms with Crippen molar-refractivity contribution in [1.82, 2.24) is 10.2 Å². The van der Waals surface area contributed by atoms with Gasteiger partial charge in [-0.15, -0.1) is 24.8 Å². The molecule has 0 aromatic heterocycles. The lowest BCUT2D eigenvalue weighted by Gasteiger charge is -2.39. The van der Waals surface area contributed by atoms with E-state index in [1.165, 1.54) is 25.7 Å². The monoisotopic (exact) mass is 362 g/mol. The molecule has 1 aliphatic heterocycles.